The largest absolute Gasteiger partial charge is 0.393 e. The molecule has 0 unspecified atom stereocenters. The Labute approximate surface area is 221 Å². The van der Waals surface area contributed by atoms with Gasteiger partial charge in [0.15, 0.2) is 0 Å². The van der Waals surface area contributed by atoms with Crippen LogP contribution in [0.2, 0.25) is 0 Å². The van der Waals surface area contributed by atoms with Crippen LogP contribution in [0.25, 0.3) is 10.9 Å². The first-order chi connectivity index (χ1) is 16.8. The third-order valence-corrected chi connectivity index (χ3v) is 7.07. The molecule has 0 saturated carbocycles. The molecular weight excluding hydrogens is 524 g/mol. The number of amides is 3. The molecule has 0 aliphatic rings. The summed E-state index contributed by atoms with van der Waals surface area (Å²) in [5, 5.41) is 13.3. The summed E-state index contributed by atoms with van der Waals surface area (Å²) in [4.78, 5) is 42.8. The van der Waals surface area contributed by atoms with E-state index in [0.29, 0.717) is 12.8 Å². The number of aliphatic hydroxyl groups is 1. The molecule has 1 heterocycles. The van der Waals surface area contributed by atoms with Gasteiger partial charge in [-0.15, -0.1) is 0 Å². The Bertz CT molecular complexity index is 1110. The van der Waals surface area contributed by atoms with E-state index < -0.39 is 23.9 Å². The van der Waals surface area contributed by atoms with E-state index in [-0.39, 0.29) is 30.3 Å². The third-order valence-electron chi connectivity index (χ3n) is 6.39. The number of hydrogen-bond acceptors (Lipinski definition) is 4. The number of aromatic nitrogens is 1. The van der Waals surface area contributed by atoms with Gasteiger partial charge in [-0.25, -0.2) is 0 Å². The van der Waals surface area contributed by atoms with Gasteiger partial charge in [-0.05, 0) is 67.1 Å². The number of halogens is 1. The molecule has 2 aromatic rings. The Morgan fingerprint density at radius 1 is 1.19 bits per heavy atom. The van der Waals surface area contributed by atoms with Gasteiger partial charge in [0.25, 0.3) is 0 Å². The Hall–Kier alpha value is -2.65. The van der Waals surface area contributed by atoms with Crippen molar-refractivity contribution in [3.8, 4) is 0 Å². The van der Waals surface area contributed by atoms with Crippen LogP contribution in [-0.4, -0.2) is 57.9 Å². The van der Waals surface area contributed by atoms with Crippen LogP contribution in [0, 0.1) is 11.8 Å². The second-order valence-corrected chi connectivity index (χ2v) is 10.7. The van der Waals surface area contributed by atoms with Gasteiger partial charge in [0.1, 0.15) is 12.1 Å². The molecule has 0 spiro atoms. The van der Waals surface area contributed by atoms with Crippen molar-refractivity contribution in [3.05, 3.63) is 46.1 Å². The van der Waals surface area contributed by atoms with Gasteiger partial charge < -0.3 is 26.0 Å². The normalized spacial score (nSPS) is 16.2. The summed E-state index contributed by atoms with van der Waals surface area (Å²) in [6, 6.07) is 5.99. The van der Waals surface area contributed by atoms with Crippen molar-refractivity contribution < 1.29 is 19.5 Å². The number of rotatable bonds is 12. The van der Waals surface area contributed by atoms with E-state index in [1.54, 1.807) is 13.8 Å². The molecule has 1 aromatic carbocycles. The lowest BCUT2D eigenvalue weighted by Crippen LogP contribution is -2.53. The number of H-pyrrole nitrogens is 1. The molecule has 1 aromatic heterocycles. The lowest BCUT2D eigenvalue weighted by Gasteiger charge is -2.29. The molecule has 36 heavy (non-hydrogen) atoms. The molecule has 0 aliphatic heterocycles. The molecule has 0 radical (unpaired) electrons. The predicted molar refractivity (Wildman–Crippen MR) is 146 cm³/mol. The molecule has 0 bridgehead atoms. The standard InChI is InChI=1S/C27H39BrN4O4/c1-15(11-16(2)13-18(4)33)12-17(3)26(35)30-19(5)27(36)32(6)23(25(29)34)14-21-20-9-7-8-10-22(20)31-24(21)28/h7-11,16-19,23,31,33H,12-14H2,1-6H3,(H2,29,34)(H,30,35)/t16-,17-,18-,19-,23+/m0/s1. The number of nitrogens with zero attached hydrogens (tertiary/aromatic N) is 1. The molecule has 2 rings (SSSR count). The van der Waals surface area contributed by atoms with E-state index in [1.807, 2.05) is 45.0 Å². The lowest BCUT2D eigenvalue weighted by molar-refractivity contribution is -0.140. The van der Waals surface area contributed by atoms with E-state index in [0.717, 1.165) is 26.6 Å². The Morgan fingerprint density at radius 2 is 1.83 bits per heavy atom. The number of carbonyl (C=O) groups is 3. The van der Waals surface area contributed by atoms with Crippen LogP contribution in [-0.2, 0) is 20.8 Å². The Balaban J connectivity index is 2.05. The number of allylic oxidation sites excluding steroid dienone is 2. The average molecular weight is 564 g/mol. The molecule has 0 aliphatic carbocycles. The number of benzene rings is 1. The van der Waals surface area contributed by atoms with Gasteiger partial charge in [0.2, 0.25) is 17.7 Å². The molecule has 3 amide bonds. The van der Waals surface area contributed by atoms with Crippen molar-refractivity contribution in [2.24, 2.45) is 17.6 Å². The van der Waals surface area contributed by atoms with Gasteiger partial charge in [-0.1, -0.05) is 43.7 Å². The minimum atomic E-state index is -0.884. The summed E-state index contributed by atoms with van der Waals surface area (Å²) in [5.41, 5.74) is 8.51. The average Bonchev–Trinajstić information content (AvgIpc) is 3.09. The number of aromatic amines is 1. The van der Waals surface area contributed by atoms with Gasteiger partial charge in [0, 0.05) is 30.3 Å². The van der Waals surface area contributed by atoms with Crippen molar-refractivity contribution >= 4 is 44.6 Å². The summed E-state index contributed by atoms with van der Waals surface area (Å²) >= 11 is 3.51. The van der Waals surface area contributed by atoms with Crippen LogP contribution in [0.15, 0.2) is 40.5 Å². The SMILES string of the molecule is CC(=C[C@H](C)C[C@H](C)O)C[C@H](C)C(=O)N[C@@H](C)C(=O)N(C)[C@H](Cc1c(Br)[nH]c2ccccc12)C(N)=O. The second-order valence-electron chi connectivity index (χ2n) is 9.95. The highest BCUT2D eigenvalue weighted by Crippen LogP contribution is 2.28. The van der Waals surface area contributed by atoms with Crippen molar-refractivity contribution in [1.29, 1.82) is 0 Å². The first-order valence-corrected chi connectivity index (χ1v) is 13.1. The fourth-order valence-electron chi connectivity index (χ4n) is 4.60. The number of hydrogen-bond donors (Lipinski definition) is 4. The van der Waals surface area contributed by atoms with Crippen LogP contribution in [0.3, 0.4) is 0 Å². The molecule has 5 atom stereocenters. The quantitative estimate of drug-likeness (QED) is 0.294. The highest BCUT2D eigenvalue weighted by atomic mass is 79.9. The molecule has 8 nitrogen and oxygen atoms in total. The first kappa shape index (κ1) is 29.6. The number of nitrogens with one attached hydrogen (secondary N) is 2. The Morgan fingerprint density at radius 3 is 2.44 bits per heavy atom. The molecule has 5 N–H and O–H groups in total. The fraction of sp³-hybridized carbons (Fsp3) is 0.519. The maximum absolute atomic E-state index is 13.1. The Kier molecular flexibility index (Phi) is 10.7. The molecule has 0 saturated heterocycles. The predicted octanol–water partition coefficient (Wildman–Crippen LogP) is 3.67. The summed E-state index contributed by atoms with van der Waals surface area (Å²) in [7, 11) is 1.53. The van der Waals surface area contributed by atoms with Gasteiger partial charge in [-0.2, -0.15) is 0 Å². The minimum absolute atomic E-state index is 0.206. The van der Waals surface area contributed by atoms with Crippen molar-refractivity contribution in [1.82, 2.24) is 15.2 Å². The second kappa shape index (κ2) is 13.1. The zero-order chi connectivity index (χ0) is 27.2. The maximum Gasteiger partial charge on any atom is 0.245 e. The van der Waals surface area contributed by atoms with Crippen LogP contribution >= 0.6 is 15.9 Å². The molecule has 198 valence electrons. The lowest BCUT2D eigenvalue weighted by atomic mass is 9.95. The van der Waals surface area contributed by atoms with Crippen LogP contribution < -0.4 is 11.1 Å². The smallest absolute Gasteiger partial charge is 0.245 e. The summed E-state index contributed by atoms with van der Waals surface area (Å²) < 4.78 is 0.733. The molecule has 9 heteroatoms. The number of likely N-dealkylation sites (N-methyl/N-ethyl adjacent to an activating group) is 1. The number of para-hydroxylation sites is 1. The molecule has 0 fully saturated rings. The summed E-state index contributed by atoms with van der Waals surface area (Å²) in [6.45, 7) is 9.17. The zero-order valence-electron chi connectivity index (χ0n) is 22.0. The minimum Gasteiger partial charge on any atom is -0.393 e. The topological polar surface area (TPSA) is 129 Å². The van der Waals surface area contributed by atoms with Crippen molar-refractivity contribution in [2.75, 3.05) is 7.05 Å². The van der Waals surface area contributed by atoms with Crippen LogP contribution in [0.5, 0.6) is 0 Å². The summed E-state index contributed by atoms with van der Waals surface area (Å²) in [6.07, 6.45) is 3.12. The maximum atomic E-state index is 13.1. The van der Waals surface area contributed by atoms with Crippen LogP contribution in [0.4, 0.5) is 0 Å². The molecular formula is C27H39BrN4O4. The first-order valence-electron chi connectivity index (χ1n) is 12.3. The van der Waals surface area contributed by atoms with Gasteiger partial charge in [-0.3, -0.25) is 14.4 Å². The summed E-state index contributed by atoms with van der Waals surface area (Å²) in [5.74, 6) is -1.39. The number of primary amides is 1. The zero-order valence-corrected chi connectivity index (χ0v) is 23.6. The number of nitrogens with two attached hydrogens (primary N) is 1. The van der Waals surface area contributed by atoms with E-state index in [1.165, 1.54) is 11.9 Å². The monoisotopic (exact) mass is 562 g/mol. The number of carbonyl (C=O) groups excluding carboxylic acids is 3. The third kappa shape index (κ3) is 7.93. The highest BCUT2D eigenvalue weighted by molar-refractivity contribution is 9.10. The van der Waals surface area contributed by atoms with Crippen molar-refractivity contribution in [2.45, 2.75) is 72.1 Å². The van der Waals surface area contributed by atoms with Gasteiger partial charge in [0.05, 0.1) is 10.7 Å². The van der Waals surface area contributed by atoms with E-state index in [4.69, 9.17) is 5.73 Å². The number of fused-ring (bicyclic) bond motifs is 1. The fourth-order valence-corrected chi connectivity index (χ4v) is 5.19. The van der Waals surface area contributed by atoms with Crippen molar-refractivity contribution in [3.63, 3.8) is 0 Å². The van der Waals surface area contributed by atoms with Crippen LogP contribution in [0.1, 0.15) is 53.0 Å². The number of aliphatic hydroxyl groups excluding tert-OH is 1. The van der Waals surface area contributed by atoms with E-state index >= 15 is 0 Å². The van der Waals surface area contributed by atoms with Gasteiger partial charge >= 0.3 is 0 Å². The van der Waals surface area contributed by atoms with E-state index in [2.05, 4.69) is 32.3 Å². The highest BCUT2D eigenvalue weighted by Gasteiger charge is 2.31. The van der Waals surface area contributed by atoms with E-state index in [9.17, 15) is 19.5 Å².